The first-order valence-corrected chi connectivity index (χ1v) is 22.5. The zero-order valence-corrected chi connectivity index (χ0v) is 36.2. The highest BCUT2D eigenvalue weighted by Crippen LogP contribution is 2.63. The highest BCUT2D eigenvalue weighted by Gasteiger charge is 2.72. The number of piperidine rings is 1. The van der Waals surface area contributed by atoms with Gasteiger partial charge in [0.25, 0.3) is 5.91 Å². The number of anilines is 2. The molecule has 14 heteroatoms. The number of amides is 4. The molecule has 4 aromatic rings. The second-order valence-corrected chi connectivity index (χ2v) is 18.2. The number of ketones is 1. The van der Waals surface area contributed by atoms with Gasteiger partial charge in [0.15, 0.2) is 5.78 Å². The third-order valence-electron chi connectivity index (χ3n) is 13.7. The zero-order chi connectivity index (χ0) is 44.0. The number of halogens is 3. The van der Waals surface area contributed by atoms with Gasteiger partial charge in [-0.1, -0.05) is 73.3 Å². The van der Waals surface area contributed by atoms with E-state index in [1.54, 1.807) is 65.6 Å². The molecule has 0 bridgehead atoms. The van der Waals surface area contributed by atoms with Crippen LogP contribution in [-0.4, -0.2) is 58.5 Å². The molecule has 1 unspecified atom stereocenters. The Bertz CT molecular complexity index is 2540. The Labute approximate surface area is 375 Å². The number of carbonyl (C=O) groups excluding carboxylic acids is 5. The van der Waals surface area contributed by atoms with Crippen LogP contribution in [0.3, 0.4) is 0 Å². The summed E-state index contributed by atoms with van der Waals surface area (Å²) in [6, 6.07) is 20.5. The number of ether oxygens (including phenoxy) is 1. The van der Waals surface area contributed by atoms with E-state index in [-0.39, 0.29) is 34.1 Å². The lowest BCUT2D eigenvalue weighted by molar-refractivity contribution is -0.126. The number of carbonyl (C=O) groups is 5. The molecule has 3 fully saturated rings. The summed E-state index contributed by atoms with van der Waals surface area (Å²) in [6.45, 7) is 4.54. The Morgan fingerprint density at radius 2 is 1.70 bits per heavy atom. The Kier molecular flexibility index (Phi) is 11.7. The van der Waals surface area contributed by atoms with Crippen LogP contribution in [0.2, 0.25) is 10.0 Å². The maximum absolute atomic E-state index is 16.2. The monoisotopic (exact) mass is 891 g/mol. The Hall–Kier alpha value is -5.56. The minimum atomic E-state index is -1.35. The van der Waals surface area contributed by atoms with Crippen LogP contribution in [0.25, 0.3) is 0 Å². The molecule has 4 atom stereocenters. The normalized spacial score (nSPS) is 23.4. The van der Waals surface area contributed by atoms with E-state index in [1.165, 1.54) is 6.07 Å². The van der Waals surface area contributed by atoms with Gasteiger partial charge in [-0.2, -0.15) is 0 Å². The van der Waals surface area contributed by atoms with Crippen molar-refractivity contribution in [2.45, 2.75) is 106 Å². The van der Waals surface area contributed by atoms with Crippen molar-refractivity contribution in [2.24, 2.45) is 0 Å². The third kappa shape index (κ3) is 7.49. The molecule has 1 saturated carbocycles. The highest BCUT2D eigenvalue weighted by molar-refractivity contribution is 6.31. The average Bonchev–Trinajstić information content (AvgIpc) is 3.87. The molecule has 1 aliphatic carbocycles. The van der Waals surface area contributed by atoms with Crippen molar-refractivity contribution < 1.29 is 33.1 Å². The molecule has 4 heterocycles. The molecule has 4 aromatic carbocycles. The standard InChI is InChI=1S/C49H48Cl2FN5O6/c1-28-15-22-38(44(59)53-28)57-27-34-32(46(57)61)10-9-14-40(34)63-25-7-2-4-13-39(58)29-16-19-31(20-17-29)54-45(60)43-41(33-11-8-12-36(51)42(33)52)49(48(56-43)23-5-3-6-24-48)35-21-18-30(50)26-37(35)55-47(49)62/h8-12,14,16-21,26,38,41,43,56H,1-7,13,15,22-25,27H2,(H,53,59)(H,54,60)(H,55,62)/t38?,41-,43+,49+/m0/s1. The van der Waals surface area contributed by atoms with E-state index in [1.807, 2.05) is 12.1 Å². The van der Waals surface area contributed by atoms with Crippen LogP contribution in [0.5, 0.6) is 5.75 Å². The molecule has 2 saturated heterocycles. The van der Waals surface area contributed by atoms with Gasteiger partial charge in [0, 0.05) is 56.7 Å². The first kappa shape index (κ1) is 42.7. The van der Waals surface area contributed by atoms with Gasteiger partial charge in [0.05, 0.1) is 24.2 Å². The number of rotatable bonds is 12. The van der Waals surface area contributed by atoms with Gasteiger partial charge in [0.1, 0.15) is 23.0 Å². The summed E-state index contributed by atoms with van der Waals surface area (Å²) in [4.78, 5) is 69.8. The number of unbranched alkanes of at least 4 members (excludes halogenated alkanes) is 2. The minimum Gasteiger partial charge on any atom is -0.493 e. The fourth-order valence-corrected chi connectivity index (χ4v) is 11.2. The molecular weight excluding hydrogens is 844 g/mol. The number of nitrogens with one attached hydrogen (secondary N) is 4. The third-order valence-corrected chi connectivity index (χ3v) is 14.3. The van der Waals surface area contributed by atoms with Crippen LogP contribution in [0.1, 0.15) is 114 Å². The van der Waals surface area contributed by atoms with E-state index < -0.39 is 40.7 Å². The van der Waals surface area contributed by atoms with Crippen LogP contribution >= 0.6 is 23.2 Å². The van der Waals surface area contributed by atoms with Crippen molar-refractivity contribution in [1.29, 1.82) is 0 Å². The van der Waals surface area contributed by atoms with Gasteiger partial charge in [-0.25, -0.2) is 4.39 Å². The number of fused-ring (bicyclic) bond motifs is 4. The lowest BCUT2D eigenvalue weighted by Crippen LogP contribution is -2.60. The fraction of sp³-hybridized carbons (Fsp3) is 0.367. The van der Waals surface area contributed by atoms with E-state index in [0.717, 1.165) is 31.2 Å². The molecule has 63 heavy (non-hydrogen) atoms. The number of hydrogen-bond donors (Lipinski definition) is 4. The van der Waals surface area contributed by atoms with E-state index in [9.17, 15) is 24.0 Å². The summed E-state index contributed by atoms with van der Waals surface area (Å²) in [5.74, 6) is -2.21. The second kappa shape index (κ2) is 17.2. The lowest BCUT2D eigenvalue weighted by Gasteiger charge is -2.47. The smallest absolute Gasteiger partial charge is 0.255 e. The molecule has 4 amide bonds. The Morgan fingerprint density at radius 3 is 2.48 bits per heavy atom. The summed E-state index contributed by atoms with van der Waals surface area (Å²) in [7, 11) is 0. The average molecular weight is 893 g/mol. The van der Waals surface area contributed by atoms with Gasteiger partial charge in [-0.05, 0) is 111 Å². The van der Waals surface area contributed by atoms with Crippen molar-refractivity contribution in [3.8, 4) is 5.75 Å². The number of hydrogen-bond acceptors (Lipinski definition) is 7. The summed E-state index contributed by atoms with van der Waals surface area (Å²) in [5.41, 5.74) is 2.12. The summed E-state index contributed by atoms with van der Waals surface area (Å²) in [6.07, 6.45) is 7.39. The molecule has 5 aliphatic rings. The molecule has 0 radical (unpaired) electrons. The van der Waals surface area contributed by atoms with Crippen LogP contribution in [0.4, 0.5) is 15.8 Å². The van der Waals surface area contributed by atoms with Crippen molar-refractivity contribution in [1.82, 2.24) is 15.5 Å². The molecule has 4 N–H and O–H groups in total. The molecule has 11 nitrogen and oxygen atoms in total. The first-order valence-electron chi connectivity index (χ1n) is 21.7. The number of benzene rings is 4. The van der Waals surface area contributed by atoms with Crippen LogP contribution in [0, 0.1) is 5.82 Å². The molecular formula is C49H48Cl2FN5O6. The predicted octanol–water partition coefficient (Wildman–Crippen LogP) is 8.99. The maximum Gasteiger partial charge on any atom is 0.255 e. The van der Waals surface area contributed by atoms with Gasteiger partial charge in [-0.3, -0.25) is 29.3 Å². The highest BCUT2D eigenvalue weighted by atomic mass is 35.5. The summed E-state index contributed by atoms with van der Waals surface area (Å²) in [5, 5.41) is 12.8. The Balaban J connectivity index is 0.836. The maximum atomic E-state index is 16.2. The number of Topliss-reactive ketones (excluding diaryl/α,β-unsaturated/α-hetero) is 1. The lowest BCUT2D eigenvalue weighted by atomic mass is 9.55. The van der Waals surface area contributed by atoms with Gasteiger partial charge in [0.2, 0.25) is 17.7 Å². The SMILES string of the molecule is C=C1CCC(N2Cc3c(OCCCCCC(=O)c4ccc(NC(=O)[C@@H]5NC6(CCCCC6)[C@@]6(C(=O)Nc7cc(Cl)ccc76)[C@H]5c5cccc(Cl)c5F)cc4)cccc3C2=O)C(=O)N1. The predicted molar refractivity (Wildman–Crippen MR) is 239 cm³/mol. The molecule has 0 aromatic heterocycles. The van der Waals surface area contributed by atoms with Crippen molar-refractivity contribution in [3.05, 3.63) is 135 Å². The van der Waals surface area contributed by atoms with E-state index in [2.05, 4.69) is 27.8 Å². The zero-order valence-electron chi connectivity index (χ0n) is 34.7. The van der Waals surface area contributed by atoms with Crippen LogP contribution < -0.4 is 26.0 Å². The van der Waals surface area contributed by atoms with Gasteiger partial charge in [-0.15, -0.1) is 0 Å². The number of allylic oxidation sites excluding steroid dienone is 1. The van der Waals surface area contributed by atoms with E-state index in [0.29, 0.717) is 103 Å². The summed E-state index contributed by atoms with van der Waals surface area (Å²) < 4.78 is 22.4. The van der Waals surface area contributed by atoms with E-state index in [4.69, 9.17) is 27.9 Å². The van der Waals surface area contributed by atoms with Crippen LogP contribution in [0.15, 0.2) is 91.1 Å². The molecule has 2 spiro atoms. The minimum absolute atomic E-state index is 0.0373. The quantitative estimate of drug-likeness (QED) is 0.0821. The van der Waals surface area contributed by atoms with Crippen LogP contribution in [-0.2, 0) is 26.3 Å². The van der Waals surface area contributed by atoms with Gasteiger partial charge < -0.3 is 25.6 Å². The van der Waals surface area contributed by atoms with E-state index >= 15 is 4.39 Å². The first-order chi connectivity index (χ1) is 30.4. The largest absolute Gasteiger partial charge is 0.493 e. The topological polar surface area (TPSA) is 146 Å². The van der Waals surface area contributed by atoms with Crippen molar-refractivity contribution in [2.75, 3.05) is 17.2 Å². The van der Waals surface area contributed by atoms with Gasteiger partial charge >= 0.3 is 0 Å². The Morgan fingerprint density at radius 1 is 0.921 bits per heavy atom. The van der Waals surface area contributed by atoms with Crippen molar-refractivity contribution >= 4 is 64.0 Å². The molecule has 9 rings (SSSR count). The fourth-order valence-electron chi connectivity index (χ4n) is 10.8. The second-order valence-electron chi connectivity index (χ2n) is 17.3. The molecule has 326 valence electrons. The number of nitrogens with zero attached hydrogens (tertiary/aromatic N) is 1. The molecule has 4 aliphatic heterocycles. The van der Waals surface area contributed by atoms with Crippen molar-refractivity contribution in [3.63, 3.8) is 0 Å². The summed E-state index contributed by atoms with van der Waals surface area (Å²) >= 11 is 12.8.